The van der Waals surface area contributed by atoms with Crippen molar-refractivity contribution in [2.45, 2.75) is 52.1 Å². The zero-order valence-electron chi connectivity index (χ0n) is 23.1. The van der Waals surface area contributed by atoms with Crippen molar-refractivity contribution in [1.82, 2.24) is 9.97 Å². The molecule has 0 saturated carbocycles. The first kappa shape index (κ1) is 26.0. The molecule has 1 unspecified atom stereocenters. The van der Waals surface area contributed by atoms with Crippen LogP contribution in [0.15, 0.2) is 54.7 Å². The van der Waals surface area contributed by atoms with Crippen LogP contribution in [0.1, 0.15) is 58.4 Å². The lowest BCUT2D eigenvalue weighted by Gasteiger charge is -2.19. The molecule has 40 heavy (non-hydrogen) atoms. The Balaban J connectivity index is 1.29. The lowest BCUT2D eigenvalue weighted by atomic mass is 9.89. The first-order valence-electron chi connectivity index (χ1n) is 13.6. The van der Waals surface area contributed by atoms with E-state index in [1.54, 1.807) is 12.3 Å². The van der Waals surface area contributed by atoms with Gasteiger partial charge in [-0.05, 0) is 91.8 Å². The molecule has 2 aliphatic rings. The molecule has 0 amide bonds. The molecule has 0 saturated heterocycles. The molecule has 2 atom stereocenters. The monoisotopic (exact) mass is 538 g/mol. The molecule has 1 aliphatic carbocycles. The second-order valence-corrected chi connectivity index (χ2v) is 10.6. The number of benzene rings is 3. The number of hydrogen-bond donors (Lipinski definition) is 0. The number of nitrogens with zero attached hydrogens (tertiary/aromatic N) is 2. The van der Waals surface area contributed by atoms with Gasteiger partial charge in [-0.25, -0.2) is 14.4 Å². The third-order valence-electron chi connectivity index (χ3n) is 7.92. The number of esters is 1. The molecule has 1 aromatic heterocycles. The Morgan fingerprint density at radius 2 is 1.88 bits per heavy atom. The second kappa shape index (κ2) is 10.4. The van der Waals surface area contributed by atoms with Crippen LogP contribution in [0.4, 0.5) is 4.39 Å². The van der Waals surface area contributed by atoms with Crippen molar-refractivity contribution in [3.63, 3.8) is 0 Å². The summed E-state index contributed by atoms with van der Waals surface area (Å²) in [5.74, 6) is 1.46. The summed E-state index contributed by atoms with van der Waals surface area (Å²) in [7, 11) is 1.39. The fraction of sp³-hybridized carbons (Fsp3) is 0.303. The van der Waals surface area contributed by atoms with E-state index in [2.05, 4.69) is 35.9 Å². The number of aryl methyl sites for hydroxylation is 3. The number of fused-ring (bicyclic) bond motifs is 2. The number of halogens is 1. The Morgan fingerprint density at radius 1 is 1.07 bits per heavy atom. The van der Waals surface area contributed by atoms with E-state index in [9.17, 15) is 4.79 Å². The van der Waals surface area contributed by atoms with E-state index in [0.717, 1.165) is 51.1 Å². The van der Waals surface area contributed by atoms with Crippen molar-refractivity contribution in [3.8, 4) is 34.0 Å². The number of rotatable bonds is 6. The fourth-order valence-electron chi connectivity index (χ4n) is 6.08. The summed E-state index contributed by atoms with van der Waals surface area (Å²) in [5.41, 5.74) is 8.79. The highest BCUT2D eigenvalue weighted by atomic mass is 19.1. The zero-order valence-corrected chi connectivity index (χ0v) is 23.1. The Kier molecular flexibility index (Phi) is 6.74. The fourth-order valence-corrected chi connectivity index (χ4v) is 6.08. The van der Waals surface area contributed by atoms with Crippen molar-refractivity contribution in [1.29, 1.82) is 0 Å². The third-order valence-corrected chi connectivity index (χ3v) is 7.92. The van der Waals surface area contributed by atoms with E-state index in [-0.39, 0.29) is 24.1 Å². The number of aromatic nitrogens is 2. The molecular formula is C33H31FN2O4. The van der Waals surface area contributed by atoms with Gasteiger partial charge in [0.2, 0.25) is 0 Å². The lowest BCUT2D eigenvalue weighted by Crippen LogP contribution is -2.09. The normalized spacial score (nSPS) is 17.2. The van der Waals surface area contributed by atoms with Gasteiger partial charge in [0, 0.05) is 40.6 Å². The maximum Gasteiger partial charge on any atom is 0.306 e. The highest BCUT2D eigenvalue weighted by Gasteiger charge is 2.32. The van der Waals surface area contributed by atoms with Gasteiger partial charge in [0.15, 0.2) is 5.82 Å². The van der Waals surface area contributed by atoms with Crippen LogP contribution in [-0.2, 0) is 16.0 Å². The minimum Gasteiger partial charge on any atom is -0.492 e. The van der Waals surface area contributed by atoms with Gasteiger partial charge >= 0.3 is 5.97 Å². The molecule has 0 bridgehead atoms. The summed E-state index contributed by atoms with van der Waals surface area (Å²) in [5, 5.41) is 0. The first-order chi connectivity index (χ1) is 19.3. The zero-order chi connectivity index (χ0) is 28.0. The van der Waals surface area contributed by atoms with Gasteiger partial charge < -0.3 is 14.2 Å². The second-order valence-electron chi connectivity index (χ2n) is 10.6. The number of carbonyl (C=O) groups excluding carboxylic acids is 1. The summed E-state index contributed by atoms with van der Waals surface area (Å²) in [6.07, 6.45) is 3.04. The number of ether oxygens (including phenoxy) is 3. The molecule has 0 radical (unpaired) electrons. The Labute approximate surface area is 233 Å². The summed E-state index contributed by atoms with van der Waals surface area (Å²) in [6.45, 7) is 6.54. The van der Waals surface area contributed by atoms with E-state index in [4.69, 9.17) is 14.2 Å². The smallest absolute Gasteiger partial charge is 0.306 e. The number of carbonyl (C=O) groups is 1. The summed E-state index contributed by atoms with van der Waals surface area (Å²) in [4.78, 5) is 20.8. The van der Waals surface area contributed by atoms with Gasteiger partial charge in [-0.15, -0.1) is 0 Å². The standard InChI is InChI=1S/C33H31FN2O4/c1-18-13-21(33-35-12-11-20(3)36-33)14-19(2)31(18)25-7-9-27(34)32-26(25)8-10-28(32)40-23-5-6-24-22(15-30(37)38-4)17-39-29(24)16-23/h5-7,9,11-14,16,22,28H,8,10,15,17H2,1-4H3/t22?,28-/m1/s1. The van der Waals surface area contributed by atoms with Crippen LogP contribution in [0.5, 0.6) is 11.5 Å². The molecule has 1 aliphatic heterocycles. The lowest BCUT2D eigenvalue weighted by molar-refractivity contribution is -0.141. The van der Waals surface area contributed by atoms with Crippen molar-refractivity contribution >= 4 is 5.97 Å². The molecular weight excluding hydrogens is 507 g/mol. The highest BCUT2D eigenvalue weighted by Crippen LogP contribution is 2.45. The van der Waals surface area contributed by atoms with Crippen LogP contribution < -0.4 is 9.47 Å². The molecule has 3 aromatic carbocycles. The first-order valence-corrected chi connectivity index (χ1v) is 13.6. The predicted octanol–water partition coefficient (Wildman–Crippen LogP) is 6.98. The summed E-state index contributed by atoms with van der Waals surface area (Å²) < 4.78 is 32.3. The maximum atomic E-state index is 15.3. The van der Waals surface area contributed by atoms with E-state index in [1.807, 2.05) is 37.3 Å². The van der Waals surface area contributed by atoms with Gasteiger partial charge in [0.1, 0.15) is 23.4 Å². The largest absolute Gasteiger partial charge is 0.492 e. The van der Waals surface area contributed by atoms with E-state index >= 15 is 4.39 Å². The molecule has 6 rings (SSSR count). The van der Waals surface area contributed by atoms with Crippen LogP contribution in [0, 0.1) is 26.6 Å². The Bertz CT molecular complexity index is 1610. The SMILES string of the molecule is COC(=O)CC1COc2cc(O[C@@H]3CCc4c(-c5c(C)cc(-c6nccc(C)n6)cc5C)ccc(F)c43)ccc21. The maximum absolute atomic E-state index is 15.3. The summed E-state index contributed by atoms with van der Waals surface area (Å²) >= 11 is 0. The Morgan fingerprint density at radius 3 is 2.62 bits per heavy atom. The van der Waals surface area contributed by atoms with E-state index in [1.165, 1.54) is 7.11 Å². The average Bonchev–Trinajstić information content (AvgIpc) is 3.54. The quantitative estimate of drug-likeness (QED) is 0.247. The minimum atomic E-state index is -0.402. The average molecular weight is 539 g/mol. The molecule has 2 heterocycles. The van der Waals surface area contributed by atoms with Crippen LogP contribution in [0.2, 0.25) is 0 Å². The molecule has 0 spiro atoms. The van der Waals surface area contributed by atoms with Crippen LogP contribution in [0.25, 0.3) is 22.5 Å². The number of hydrogen-bond acceptors (Lipinski definition) is 6. The van der Waals surface area contributed by atoms with Gasteiger partial charge in [0.05, 0.1) is 20.1 Å². The van der Waals surface area contributed by atoms with Gasteiger partial charge in [-0.3, -0.25) is 4.79 Å². The van der Waals surface area contributed by atoms with Crippen LogP contribution >= 0.6 is 0 Å². The van der Waals surface area contributed by atoms with Crippen molar-refractivity contribution < 1.29 is 23.4 Å². The molecule has 0 fully saturated rings. The van der Waals surface area contributed by atoms with Crippen molar-refractivity contribution in [3.05, 3.63) is 94.1 Å². The van der Waals surface area contributed by atoms with Crippen LogP contribution in [-0.4, -0.2) is 29.7 Å². The Hall–Kier alpha value is -4.26. The van der Waals surface area contributed by atoms with Crippen molar-refractivity contribution in [2.24, 2.45) is 0 Å². The highest BCUT2D eigenvalue weighted by molar-refractivity contribution is 5.78. The predicted molar refractivity (Wildman–Crippen MR) is 150 cm³/mol. The molecule has 4 aromatic rings. The minimum absolute atomic E-state index is 0.0425. The topological polar surface area (TPSA) is 70.5 Å². The summed E-state index contributed by atoms with van der Waals surface area (Å²) in [6, 6.07) is 15.2. The van der Waals surface area contributed by atoms with Gasteiger partial charge in [-0.1, -0.05) is 12.1 Å². The third kappa shape index (κ3) is 4.70. The molecule has 7 heteroatoms. The van der Waals surface area contributed by atoms with Crippen LogP contribution in [0.3, 0.4) is 0 Å². The van der Waals surface area contributed by atoms with Crippen molar-refractivity contribution in [2.75, 3.05) is 13.7 Å². The van der Waals surface area contributed by atoms with E-state index in [0.29, 0.717) is 35.9 Å². The molecule has 6 nitrogen and oxygen atoms in total. The van der Waals surface area contributed by atoms with E-state index < -0.39 is 6.10 Å². The van der Waals surface area contributed by atoms with Gasteiger partial charge in [0.25, 0.3) is 0 Å². The molecule has 0 N–H and O–H groups in total. The van der Waals surface area contributed by atoms with Gasteiger partial charge in [-0.2, -0.15) is 0 Å². The number of methoxy groups -OCH3 is 1. The molecule has 204 valence electrons.